The Balaban J connectivity index is 2.16. The van der Waals surface area contributed by atoms with Crippen LogP contribution in [-0.4, -0.2) is 35.2 Å². The number of carbonyl (C=O) groups excluding carboxylic acids is 1. The highest BCUT2D eigenvalue weighted by atomic mass is 79.9. The topological polar surface area (TPSA) is 71.6 Å². The van der Waals surface area contributed by atoms with E-state index in [0.717, 1.165) is 0 Å². The van der Waals surface area contributed by atoms with E-state index in [1.807, 2.05) is 0 Å². The molecule has 11 heteroatoms. The highest BCUT2D eigenvalue weighted by Crippen LogP contribution is 2.31. The van der Waals surface area contributed by atoms with Crippen molar-refractivity contribution in [2.45, 2.75) is 9.96 Å². The Morgan fingerprint density at radius 1 is 1.10 bits per heavy atom. The van der Waals surface area contributed by atoms with Crippen molar-refractivity contribution >= 4 is 79.7 Å². The standard InChI is InChI=1S/C18H17BrCl3N3O3S/c1-27-10-7-8-14(28-2)13(9-10)23-17(29)25-16(18(20,21)22)24-15(26)11-5-3-4-6-12(11)19/h3-9,16H,1-2H3,(H,24,26)(H2,23,25,29). The molecule has 0 bridgehead atoms. The van der Waals surface area contributed by atoms with Gasteiger partial charge in [-0.05, 0) is 52.4 Å². The number of nitrogens with one attached hydrogen (secondary N) is 3. The number of hydrogen-bond acceptors (Lipinski definition) is 4. The predicted octanol–water partition coefficient (Wildman–Crippen LogP) is 4.88. The van der Waals surface area contributed by atoms with Gasteiger partial charge < -0.3 is 25.4 Å². The van der Waals surface area contributed by atoms with E-state index in [2.05, 4.69) is 31.9 Å². The second kappa shape index (κ2) is 10.5. The third kappa shape index (κ3) is 6.79. The zero-order chi connectivity index (χ0) is 21.6. The molecule has 0 aliphatic heterocycles. The highest BCUT2D eigenvalue weighted by Gasteiger charge is 2.35. The maximum atomic E-state index is 12.6. The molecule has 0 saturated carbocycles. The monoisotopic (exact) mass is 539 g/mol. The van der Waals surface area contributed by atoms with Gasteiger partial charge in [0.05, 0.1) is 25.5 Å². The van der Waals surface area contributed by atoms with Crippen LogP contribution in [0.15, 0.2) is 46.9 Å². The molecule has 3 N–H and O–H groups in total. The SMILES string of the molecule is COc1ccc(OC)c(NC(=S)NC(NC(=O)c2ccccc2Br)C(Cl)(Cl)Cl)c1. The van der Waals surface area contributed by atoms with Crippen LogP contribution < -0.4 is 25.4 Å². The van der Waals surface area contributed by atoms with Gasteiger partial charge >= 0.3 is 0 Å². The molecule has 0 saturated heterocycles. The summed E-state index contributed by atoms with van der Waals surface area (Å²) < 4.78 is 9.21. The molecule has 1 amide bonds. The lowest BCUT2D eigenvalue weighted by atomic mass is 10.2. The van der Waals surface area contributed by atoms with Gasteiger partial charge in [0.2, 0.25) is 3.79 Å². The Morgan fingerprint density at radius 3 is 2.38 bits per heavy atom. The van der Waals surface area contributed by atoms with Crippen LogP contribution in [0.5, 0.6) is 11.5 Å². The molecule has 0 spiro atoms. The van der Waals surface area contributed by atoms with Gasteiger partial charge in [0.15, 0.2) is 5.11 Å². The molecule has 1 atom stereocenters. The van der Waals surface area contributed by atoms with E-state index in [1.54, 1.807) is 42.5 Å². The van der Waals surface area contributed by atoms with Crippen LogP contribution >= 0.6 is 63.0 Å². The van der Waals surface area contributed by atoms with Crippen LogP contribution in [0.4, 0.5) is 5.69 Å². The summed E-state index contributed by atoms with van der Waals surface area (Å²) in [7, 11) is 3.06. The number of thiocarbonyl (C=S) groups is 1. The number of amides is 1. The Kier molecular flexibility index (Phi) is 8.66. The van der Waals surface area contributed by atoms with Gasteiger partial charge in [-0.15, -0.1) is 0 Å². The number of rotatable bonds is 6. The van der Waals surface area contributed by atoms with Crippen molar-refractivity contribution in [3.8, 4) is 11.5 Å². The van der Waals surface area contributed by atoms with Crippen LogP contribution in [0, 0.1) is 0 Å². The number of carbonyl (C=O) groups is 1. The lowest BCUT2D eigenvalue weighted by Gasteiger charge is -2.28. The minimum Gasteiger partial charge on any atom is -0.497 e. The van der Waals surface area contributed by atoms with E-state index in [9.17, 15) is 4.79 Å². The Labute approximate surface area is 197 Å². The van der Waals surface area contributed by atoms with Gasteiger partial charge in [-0.2, -0.15) is 0 Å². The molecule has 0 aromatic heterocycles. The first kappa shape index (κ1) is 23.8. The van der Waals surface area contributed by atoms with Crippen molar-refractivity contribution in [1.82, 2.24) is 10.6 Å². The number of hydrogen-bond donors (Lipinski definition) is 3. The van der Waals surface area contributed by atoms with Crippen LogP contribution in [0.1, 0.15) is 10.4 Å². The van der Waals surface area contributed by atoms with Gasteiger partial charge in [-0.25, -0.2) is 0 Å². The molecule has 0 aliphatic carbocycles. The fourth-order valence-corrected chi connectivity index (χ4v) is 3.28. The van der Waals surface area contributed by atoms with Crippen molar-refractivity contribution in [2.75, 3.05) is 19.5 Å². The number of methoxy groups -OCH3 is 2. The van der Waals surface area contributed by atoms with Crippen molar-refractivity contribution in [3.05, 3.63) is 52.5 Å². The fourth-order valence-electron chi connectivity index (χ4n) is 2.26. The number of anilines is 1. The lowest BCUT2D eigenvalue weighted by molar-refractivity contribution is 0.0933. The summed E-state index contributed by atoms with van der Waals surface area (Å²) in [6.07, 6.45) is -1.12. The zero-order valence-electron chi connectivity index (χ0n) is 15.3. The number of alkyl halides is 3. The van der Waals surface area contributed by atoms with Gasteiger partial charge in [0.1, 0.15) is 17.7 Å². The minimum absolute atomic E-state index is 0.0975. The molecule has 2 rings (SSSR count). The highest BCUT2D eigenvalue weighted by molar-refractivity contribution is 9.10. The van der Waals surface area contributed by atoms with Gasteiger partial charge in [0.25, 0.3) is 5.91 Å². The lowest BCUT2D eigenvalue weighted by Crippen LogP contribution is -2.56. The average Bonchev–Trinajstić information content (AvgIpc) is 2.66. The minimum atomic E-state index is -1.89. The molecule has 1 unspecified atom stereocenters. The molecule has 2 aromatic carbocycles. The molecule has 2 aromatic rings. The fraction of sp³-hybridized carbons (Fsp3) is 0.222. The Morgan fingerprint density at radius 2 is 1.79 bits per heavy atom. The average molecular weight is 542 g/mol. The molecule has 0 radical (unpaired) electrons. The van der Waals surface area contributed by atoms with Crippen molar-refractivity contribution in [1.29, 1.82) is 0 Å². The van der Waals surface area contributed by atoms with E-state index >= 15 is 0 Å². The van der Waals surface area contributed by atoms with E-state index < -0.39 is 15.9 Å². The Hall–Kier alpha value is -1.45. The summed E-state index contributed by atoms with van der Waals surface area (Å²) >= 11 is 26.7. The summed E-state index contributed by atoms with van der Waals surface area (Å²) in [5, 5.41) is 8.46. The third-order valence-corrected chi connectivity index (χ3v) is 5.22. The maximum Gasteiger partial charge on any atom is 0.254 e. The van der Waals surface area contributed by atoms with Crippen molar-refractivity contribution in [2.24, 2.45) is 0 Å². The second-order valence-electron chi connectivity index (χ2n) is 5.59. The van der Waals surface area contributed by atoms with Crippen LogP contribution in [-0.2, 0) is 0 Å². The largest absolute Gasteiger partial charge is 0.497 e. The first-order chi connectivity index (χ1) is 13.7. The quantitative estimate of drug-likeness (QED) is 0.275. The molecular weight excluding hydrogens is 525 g/mol. The zero-order valence-corrected chi connectivity index (χ0v) is 19.9. The molecule has 156 valence electrons. The number of ether oxygens (including phenoxy) is 2. The molecule has 0 fully saturated rings. The van der Waals surface area contributed by atoms with Gasteiger partial charge in [-0.3, -0.25) is 4.79 Å². The second-order valence-corrected chi connectivity index (χ2v) is 9.22. The molecule has 6 nitrogen and oxygen atoms in total. The molecule has 29 heavy (non-hydrogen) atoms. The summed E-state index contributed by atoms with van der Waals surface area (Å²) in [5.41, 5.74) is 0.909. The van der Waals surface area contributed by atoms with Crippen LogP contribution in [0.3, 0.4) is 0 Å². The first-order valence-corrected chi connectivity index (χ1v) is 10.4. The summed E-state index contributed by atoms with van der Waals surface area (Å²) in [4.78, 5) is 12.6. The molecule has 0 heterocycles. The van der Waals surface area contributed by atoms with Crippen LogP contribution in [0.25, 0.3) is 0 Å². The molecule has 0 aliphatic rings. The summed E-state index contributed by atoms with van der Waals surface area (Å²) in [6.45, 7) is 0. The normalized spacial score (nSPS) is 11.9. The van der Waals surface area contributed by atoms with E-state index in [4.69, 9.17) is 56.5 Å². The van der Waals surface area contributed by atoms with Crippen molar-refractivity contribution < 1.29 is 14.3 Å². The van der Waals surface area contributed by atoms with Crippen molar-refractivity contribution in [3.63, 3.8) is 0 Å². The Bertz CT molecular complexity index is 896. The molecular formula is C18H17BrCl3N3O3S. The van der Waals surface area contributed by atoms with Gasteiger partial charge in [0, 0.05) is 10.5 Å². The predicted molar refractivity (Wildman–Crippen MR) is 125 cm³/mol. The number of halogens is 4. The van der Waals surface area contributed by atoms with Gasteiger partial charge in [-0.1, -0.05) is 46.9 Å². The van der Waals surface area contributed by atoms with E-state index in [1.165, 1.54) is 14.2 Å². The smallest absolute Gasteiger partial charge is 0.254 e. The number of benzene rings is 2. The summed E-state index contributed by atoms with van der Waals surface area (Å²) in [5.74, 6) is 0.664. The summed E-state index contributed by atoms with van der Waals surface area (Å²) in [6, 6.07) is 12.0. The van der Waals surface area contributed by atoms with E-state index in [0.29, 0.717) is 27.2 Å². The first-order valence-electron chi connectivity index (χ1n) is 8.07. The van der Waals surface area contributed by atoms with Crippen LogP contribution in [0.2, 0.25) is 0 Å². The maximum absolute atomic E-state index is 12.6. The third-order valence-electron chi connectivity index (χ3n) is 3.65. The van der Waals surface area contributed by atoms with E-state index in [-0.39, 0.29) is 5.11 Å².